The summed E-state index contributed by atoms with van der Waals surface area (Å²) < 4.78 is 5.25. The number of amides is 2. The van der Waals surface area contributed by atoms with Crippen LogP contribution in [-0.2, 0) is 16.0 Å². The molecule has 0 aliphatic rings. The van der Waals surface area contributed by atoms with Gasteiger partial charge in [-0.15, -0.1) is 0 Å². The Morgan fingerprint density at radius 3 is 2.30 bits per heavy atom. The van der Waals surface area contributed by atoms with Crippen molar-refractivity contribution < 1.29 is 14.3 Å². The molecule has 0 unspecified atom stereocenters. The van der Waals surface area contributed by atoms with E-state index in [2.05, 4.69) is 26.6 Å². The lowest BCUT2D eigenvalue weighted by Crippen LogP contribution is -2.51. The van der Waals surface area contributed by atoms with Gasteiger partial charge >= 0.3 is 6.09 Å². The average Bonchev–Trinajstić information content (AvgIpc) is 2.45. The van der Waals surface area contributed by atoms with Crippen LogP contribution in [0.3, 0.4) is 0 Å². The van der Waals surface area contributed by atoms with Crippen molar-refractivity contribution in [2.75, 3.05) is 5.33 Å². The van der Waals surface area contributed by atoms with Crippen molar-refractivity contribution in [1.29, 1.82) is 0 Å². The second-order valence-corrected chi connectivity index (χ2v) is 7.10. The Morgan fingerprint density at radius 2 is 1.78 bits per heavy atom. The fourth-order valence-corrected chi connectivity index (χ4v) is 2.05. The molecule has 6 heteroatoms. The molecule has 0 aromatic heterocycles. The molecular weight excluding hydrogens is 360 g/mol. The monoisotopic (exact) mass is 384 g/mol. The molecule has 2 N–H and O–H groups in total. The van der Waals surface area contributed by atoms with Crippen LogP contribution < -0.4 is 10.6 Å². The summed E-state index contributed by atoms with van der Waals surface area (Å²) in [7, 11) is 0. The van der Waals surface area contributed by atoms with Gasteiger partial charge in [-0.3, -0.25) is 4.79 Å². The number of alkyl halides is 1. The standard InChI is InChI=1S/C17H25BrN2O3/c1-12(11-18)19-15(21)14(10-13-8-6-5-7-9-13)20-16(22)23-17(2,3)4/h5-9,12,14H,10-11H2,1-4H3,(H,19,21)(H,20,22)/t12-,14-/m0/s1. The first-order chi connectivity index (χ1) is 10.7. The lowest BCUT2D eigenvalue weighted by atomic mass is 10.1. The molecule has 5 nitrogen and oxygen atoms in total. The van der Waals surface area contributed by atoms with Gasteiger partial charge in [0.05, 0.1) is 0 Å². The third-order valence-corrected chi connectivity index (χ3v) is 3.88. The number of carbonyl (C=O) groups excluding carboxylic acids is 2. The second kappa shape index (κ2) is 8.91. The largest absolute Gasteiger partial charge is 0.444 e. The Balaban J connectivity index is 2.79. The van der Waals surface area contributed by atoms with Crippen molar-refractivity contribution >= 4 is 27.9 Å². The number of halogens is 1. The van der Waals surface area contributed by atoms with Gasteiger partial charge in [-0.25, -0.2) is 4.79 Å². The molecule has 0 aliphatic carbocycles. The molecular formula is C17H25BrN2O3. The molecule has 0 aliphatic heterocycles. The predicted octanol–water partition coefficient (Wildman–Crippen LogP) is 3.02. The van der Waals surface area contributed by atoms with Gasteiger partial charge in [0, 0.05) is 17.8 Å². The minimum absolute atomic E-state index is 0.0267. The van der Waals surface area contributed by atoms with Crippen LogP contribution in [0, 0.1) is 0 Å². The summed E-state index contributed by atoms with van der Waals surface area (Å²) in [5.74, 6) is -0.230. The van der Waals surface area contributed by atoms with Crippen molar-refractivity contribution in [3.05, 3.63) is 35.9 Å². The fraction of sp³-hybridized carbons (Fsp3) is 0.529. The van der Waals surface area contributed by atoms with E-state index in [1.807, 2.05) is 37.3 Å². The molecule has 0 radical (unpaired) electrons. The lowest BCUT2D eigenvalue weighted by molar-refractivity contribution is -0.123. The van der Waals surface area contributed by atoms with Crippen LogP contribution in [0.25, 0.3) is 0 Å². The van der Waals surface area contributed by atoms with E-state index >= 15 is 0 Å². The van der Waals surface area contributed by atoms with Crippen LogP contribution in [-0.4, -0.2) is 35.0 Å². The van der Waals surface area contributed by atoms with Crippen molar-refractivity contribution in [1.82, 2.24) is 10.6 Å². The van der Waals surface area contributed by atoms with E-state index in [4.69, 9.17) is 4.74 Å². The zero-order valence-corrected chi connectivity index (χ0v) is 15.6. The highest BCUT2D eigenvalue weighted by atomic mass is 79.9. The highest BCUT2D eigenvalue weighted by Gasteiger charge is 2.25. The molecule has 0 spiro atoms. The van der Waals surface area contributed by atoms with Gasteiger partial charge in [0.2, 0.25) is 5.91 Å². The molecule has 0 saturated carbocycles. The maximum absolute atomic E-state index is 12.4. The van der Waals surface area contributed by atoms with E-state index in [1.54, 1.807) is 20.8 Å². The summed E-state index contributed by atoms with van der Waals surface area (Å²) in [4.78, 5) is 24.4. The normalized spacial score (nSPS) is 13.8. The number of hydrogen-bond acceptors (Lipinski definition) is 3. The van der Waals surface area contributed by atoms with Crippen molar-refractivity contribution in [2.45, 2.75) is 51.8 Å². The molecule has 0 heterocycles. The van der Waals surface area contributed by atoms with Crippen LogP contribution in [0.2, 0.25) is 0 Å². The first-order valence-corrected chi connectivity index (χ1v) is 8.73. The summed E-state index contributed by atoms with van der Waals surface area (Å²) in [6.07, 6.45) is -0.193. The van der Waals surface area contributed by atoms with Gasteiger partial charge in [-0.2, -0.15) is 0 Å². The number of nitrogens with one attached hydrogen (secondary N) is 2. The molecule has 1 aromatic carbocycles. The van der Waals surface area contributed by atoms with Crippen molar-refractivity contribution in [3.8, 4) is 0 Å². The lowest BCUT2D eigenvalue weighted by Gasteiger charge is -2.24. The van der Waals surface area contributed by atoms with Gasteiger partial charge in [0.25, 0.3) is 0 Å². The predicted molar refractivity (Wildman–Crippen MR) is 94.7 cm³/mol. The van der Waals surface area contributed by atoms with Crippen LogP contribution >= 0.6 is 15.9 Å². The van der Waals surface area contributed by atoms with E-state index in [1.165, 1.54) is 0 Å². The third-order valence-electron chi connectivity index (χ3n) is 2.91. The van der Waals surface area contributed by atoms with E-state index in [9.17, 15) is 9.59 Å². The molecule has 0 fully saturated rings. The number of benzene rings is 1. The van der Waals surface area contributed by atoms with Crippen LogP contribution in [0.15, 0.2) is 30.3 Å². The molecule has 1 aromatic rings. The first-order valence-electron chi connectivity index (χ1n) is 7.61. The molecule has 0 bridgehead atoms. The summed E-state index contributed by atoms with van der Waals surface area (Å²) in [6.45, 7) is 7.24. The maximum Gasteiger partial charge on any atom is 0.408 e. The molecule has 23 heavy (non-hydrogen) atoms. The Morgan fingerprint density at radius 1 is 1.17 bits per heavy atom. The van der Waals surface area contributed by atoms with Crippen LogP contribution in [0.5, 0.6) is 0 Å². The van der Waals surface area contributed by atoms with Gasteiger partial charge in [-0.05, 0) is 33.3 Å². The van der Waals surface area contributed by atoms with E-state index in [0.717, 1.165) is 5.56 Å². The zero-order valence-electron chi connectivity index (χ0n) is 14.1. The Hall–Kier alpha value is -1.56. The Labute approximate surface area is 146 Å². The smallest absolute Gasteiger partial charge is 0.408 e. The molecule has 128 valence electrons. The molecule has 2 amide bonds. The third kappa shape index (κ3) is 8.02. The summed E-state index contributed by atoms with van der Waals surface area (Å²) >= 11 is 3.32. The number of rotatable bonds is 6. The van der Waals surface area contributed by atoms with Crippen molar-refractivity contribution in [3.63, 3.8) is 0 Å². The average molecular weight is 385 g/mol. The maximum atomic E-state index is 12.4. The van der Waals surface area contributed by atoms with E-state index < -0.39 is 17.7 Å². The summed E-state index contributed by atoms with van der Waals surface area (Å²) in [6, 6.07) is 8.84. The highest BCUT2D eigenvalue weighted by molar-refractivity contribution is 9.09. The van der Waals surface area contributed by atoms with Gasteiger partial charge in [0.1, 0.15) is 11.6 Å². The Bertz CT molecular complexity index is 514. The summed E-state index contributed by atoms with van der Waals surface area (Å²) in [5, 5.41) is 6.17. The number of carbonyl (C=O) groups is 2. The van der Waals surface area contributed by atoms with Gasteiger partial charge in [0.15, 0.2) is 0 Å². The fourth-order valence-electron chi connectivity index (χ4n) is 1.89. The van der Waals surface area contributed by atoms with Gasteiger partial charge < -0.3 is 15.4 Å². The van der Waals surface area contributed by atoms with Gasteiger partial charge in [-0.1, -0.05) is 46.3 Å². The zero-order chi connectivity index (χ0) is 17.5. The Kier molecular flexibility index (Phi) is 7.55. The minimum Gasteiger partial charge on any atom is -0.444 e. The number of ether oxygens (including phenoxy) is 1. The SMILES string of the molecule is C[C@@H](CBr)NC(=O)[C@H](Cc1ccccc1)NC(=O)OC(C)(C)C. The second-order valence-electron chi connectivity index (χ2n) is 6.45. The van der Waals surface area contributed by atoms with E-state index in [0.29, 0.717) is 11.8 Å². The van der Waals surface area contributed by atoms with Crippen molar-refractivity contribution in [2.24, 2.45) is 0 Å². The molecule has 2 atom stereocenters. The number of alkyl carbamates (subject to hydrolysis) is 1. The minimum atomic E-state index is -0.686. The summed E-state index contributed by atoms with van der Waals surface area (Å²) in [5.41, 5.74) is 0.358. The quantitative estimate of drug-likeness (QED) is 0.740. The first kappa shape index (κ1) is 19.5. The van der Waals surface area contributed by atoms with E-state index in [-0.39, 0.29) is 11.9 Å². The topological polar surface area (TPSA) is 67.4 Å². The number of hydrogen-bond donors (Lipinski definition) is 2. The van der Waals surface area contributed by atoms with Crippen LogP contribution in [0.4, 0.5) is 4.79 Å². The molecule has 1 rings (SSSR count). The highest BCUT2D eigenvalue weighted by Crippen LogP contribution is 2.09. The molecule has 0 saturated heterocycles. The van der Waals surface area contributed by atoms with Crippen LogP contribution in [0.1, 0.15) is 33.3 Å².